The Balaban J connectivity index is 2.31. The molecule has 0 bridgehead atoms. The van der Waals surface area contributed by atoms with E-state index in [0.29, 0.717) is 5.75 Å². The van der Waals surface area contributed by atoms with Crippen molar-refractivity contribution < 1.29 is 9.53 Å². The fraction of sp³-hybridized carbons (Fsp3) is 0.417. The summed E-state index contributed by atoms with van der Waals surface area (Å²) in [5.41, 5.74) is 1.77. The number of carbonyl (C=O) groups is 1. The second-order valence-corrected chi connectivity index (χ2v) is 4.02. The van der Waals surface area contributed by atoms with E-state index in [1.54, 1.807) is 6.92 Å². The molecule has 1 unspecified atom stereocenters. The Bertz CT molecular complexity index is 430. The van der Waals surface area contributed by atoms with Crippen LogP contribution in [0.15, 0.2) is 18.2 Å². The van der Waals surface area contributed by atoms with E-state index in [1.165, 1.54) is 0 Å². The largest absolute Gasteiger partial charge is 0.479 e. The van der Waals surface area contributed by atoms with Gasteiger partial charge in [0.1, 0.15) is 5.75 Å². The first-order chi connectivity index (χ1) is 8.15. The molecule has 1 aliphatic heterocycles. The van der Waals surface area contributed by atoms with Gasteiger partial charge in [0.2, 0.25) is 0 Å². The van der Waals surface area contributed by atoms with Crippen molar-refractivity contribution in [2.75, 3.05) is 19.4 Å². The third-order valence-electron chi connectivity index (χ3n) is 2.85. The summed E-state index contributed by atoms with van der Waals surface area (Å²) in [4.78, 5) is 11.5. The highest BCUT2D eigenvalue weighted by Crippen LogP contribution is 2.31. The number of hydrogen-bond donors (Lipinski definition) is 3. The summed E-state index contributed by atoms with van der Waals surface area (Å²) in [6.45, 7) is 1.73. The summed E-state index contributed by atoms with van der Waals surface area (Å²) < 4.78 is 5.49. The molecule has 5 heteroatoms. The lowest BCUT2D eigenvalue weighted by Crippen LogP contribution is -2.35. The van der Waals surface area contributed by atoms with E-state index in [4.69, 9.17) is 4.74 Å². The number of fused-ring (bicyclic) bond motifs is 1. The molecule has 0 saturated heterocycles. The molecule has 0 aromatic heterocycles. The molecule has 0 spiro atoms. The van der Waals surface area contributed by atoms with Gasteiger partial charge in [-0.15, -0.1) is 0 Å². The Hall–Kier alpha value is -1.59. The Morgan fingerprint density at radius 2 is 2.06 bits per heavy atom. The van der Waals surface area contributed by atoms with E-state index in [2.05, 4.69) is 16.0 Å². The van der Waals surface area contributed by atoms with Gasteiger partial charge < -0.3 is 20.7 Å². The van der Waals surface area contributed by atoms with Gasteiger partial charge in [0.25, 0.3) is 5.91 Å². The Morgan fingerprint density at radius 1 is 1.35 bits per heavy atom. The highest BCUT2D eigenvalue weighted by molar-refractivity contribution is 5.97. The van der Waals surface area contributed by atoms with Crippen molar-refractivity contribution >= 4 is 11.6 Å². The number of carbonyl (C=O) groups excluding carboxylic acids is 1. The predicted molar refractivity (Wildman–Crippen MR) is 66.0 cm³/mol. The molecular formula is C12H17N3O2. The first-order valence-electron chi connectivity index (χ1n) is 5.61. The molecule has 0 fully saturated rings. The molecule has 0 radical (unpaired) electrons. The SMILES string of the molecule is CNC(NC)c1ccc2c(c1)NC(=O)C(C)O2. The van der Waals surface area contributed by atoms with E-state index in [0.717, 1.165) is 11.3 Å². The molecule has 5 nitrogen and oxygen atoms in total. The van der Waals surface area contributed by atoms with E-state index in [-0.39, 0.29) is 12.1 Å². The van der Waals surface area contributed by atoms with Crippen LogP contribution in [0.1, 0.15) is 18.7 Å². The fourth-order valence-corrected chi connectivity index (χ4v) is 1.88. The van der Waals surface area contributed by atoms with Gasteiger partial charge in [-0.05, 0) is 38.7 Å². The van der Waals surface area contributed by atoms with Crippen molar-refractivity contribution in [3.63, 3.8) is 0 Å². The molecule has 0 saturated carbocycles. The molecule has 17 heavy (non-hydrogen) atoms. The van der Waals surface area contributed by atoms with Gasteiger partial charge in [-0.1, -0.05) is 6.07 Å². The topological polar surface area (TPSA) is 62.4 Å². The van der Waals surface area contributed by atoms with Crippen LogP contribution in [0.4, 0.5) is 5.69 Å². The molecule has 2 rings (SSSR count). The monoisotopic (exact) mass is 235 g/mol. The summed E-state index contributed by atoms with van der Waals surface area (Å²) in [5.74, 6) is 0.604. The maximum Gasteiger partial charge on any atom is 0.265 e. The zero-order valence-corrected chi connectivity index (χ0v) is 10.2. The quantitative estimate of drug-likeness (QED) is 0.679. The van der Waals surface area contributed by atoms with Gasteiger partial charge in [0.05, 0.1) is 11.9 Å². The Morgan fingerprint density at radius 3 is 2.71 bits per heavy atom. The summed E-state index contributed by atoms with van der Waals surface area (Å²) in [6, 6.07) is 5.76. The number of hydrogen-bond acceptors (Lipinski definition) is 4. The number of anilines is 1. The minimum Gasteiger partial charge on any atom is -0.479 e. The zero-order valence-electron chi connectivity index (χ0n) is 10.2. The normalized spacial score (nSPS) is 18.6. The predicted octanol–water partition coefficient (Wildman–Crippen LogP) is 0.843. The zero-order chi connectivity index (χ0) is 12.4. The summed E-state index contributed by atoms with van der Waals surface area (Å²) in [5, 5.41) is 9.09. The lowest BCUT2D eigenvalue weighted by molar-refractivity contribution is -0.122. The van der Waals surface area contributed by atoms with Crippen molar-refractivity contribution in [1.29, 1.82) is 0 Å². The standard InChI is InChI=1S/C12H17N3O2/c1-7-12(16)15-9-6-8(11(13-2)14-3)4-5-10(9)17-7/h4-7,11,13-14H,1-3H3,(H,15,16). The van der Waals surface area contributed by atoms with Crippen LogP contribution in [0, 0.1) is 0 Å². The third-order valence-corrected chi connectivity index (χ3v) is 2.85. The molecule has 3 N–H and O–H groups in total. The molecule has 1 aromatic rings. The van der Waals surface area contributed by atoms with Crippen LogP contribution in [-0.2, 0) is 4.79 Å². The second-order valence-electron chi connectivity index (χ2n) is 4.02. The van der Waals surface area contributed by atoms with Gasteiger partial charge in [0, 0.05) is 0 Å². The number of rotatable bonds is 3. The Labute approximate surface area is 101 Å². The van der Waals surface area contributed by atoms with E-state index < -0.39 is 6.10 Å². The fourth-order valence-electron chi connectivity index (χ4n) is 1.88. The molecule has 92 valence electrons. The highest BCUT2D eigenvalue weighted by atomic mass is 16.5. The molecule has 0 aliphatic carbocycles. The minimum atomic E-state index is -0.433. The first-order valence-corrected chi connectivity index (χ1v) is 5.61. The van der Waals surface area contributed by atoms with Crippen molar-refractivity contribution in [2.24, 2.45) is 0 Å². The highest BCUT2D eigenvalue weighted by Gasteiger charge is 2.24. The van der Waals surface area contributed by atoms with Gasteiger partial charge in [-0.25, -0.2) is 0 Å². The molecule has 1 heterocycles. The minimum absolute atomic E-state index is 0.0524. The summed E-state index contributed by atoms with van der Waals surface area (Å²) >= 11 is 0. The smallest absolute Gasteiger partial charge is 0.265 e. The Kier molecular flexibility index (Phi) is 3.31. The van der Waals surface area contributed by atoms with E-state index in [1.807, 2.05) is 32.3 Å². The molecular weight excluding hydrogens is 218 g/mol. The maximum absolute atomic E-state index is 11.5. The molecule has 1 amide bonds. The number of nitrogens with one attached hydrogen (secondary N) is 3. The average molecular weight is 235 g/mol. The summed E-state index contributed by atoms with van der Waals surface area (Å²) in [7, 11) is 3.75. The number of benzene rings is 1. The third kappa shape index (κ3) is 2.25. The molecule has 1 atom stereocenters. The number of amides is 1. The van der Waals surface area contributed by atoms with Gasteiger partial charge in [-0.2, -0.15) is 0 Å². The lowest BCUT2D eigenvalue weighted by atomic mass is 10.1. The summed E-state index contributed by atoms with van der Waals surface area (Å²) in [6.07, 6.45) is -0.380. The van der Waals surface area contributed by atoms with Crippen molar-refractivity contribution in [3.05, 3.63) is 23.8 Å². The van der Waals surface area contributed by atoms with Crippen LogP contribution < -0.4 is 20.7 Å². The number of ether oxygens (including phenoxy) is 1. The van der Waals surface area contributed by atoms with Crippen LogP contribution in [0.2, 0.25) is 0 Å². The van der Waals surface area contributed by atoms with E-state index in [9.17, 15) is 4.79 Å². The van der Waals surface area contributed by atoms with Crippen LogP contribution in [-0.4, -0.2) is 26.1 Å². The van der Waals surface area contributed by atoms with Crippen LogP contribution in [0.3, 0.4) is 0 Å². The average Bonchev–Trinajstić information content (AvgIpc) is 2.32. The van der Waals surface area contributed by atoms with Gasteiger partial charge in [-0.3, -0.25) is 4.79 Å². The molecule has 1 aliphatic rings. The first kappa shape index (κ1) is 11.9. The van der Waals surface area contributed by atoms with Crippen molar-refractivity contribution in [2.45, 2.75) is 19.2 Å². The van der Waals surface area contributed by atoms with Crippen LogP contribution in [0.25, 0.3) is 0 Å². The lowest BCUT2D eigenvalue weighted by Gasteiger charge is -2.25. The second kappa shape index (κ2) is 4.73. The van der Waals surface area contributed by atoms with Gasteiger partial charge in [0.15, 0.2) is 6.10 Å². The van der Waals surface area contributed by atoms with E-state index >= 15 is 0 Å². The van der Waals surface area contributed by atoms with Crippen molar-refractivity contribution in [3.8, 4) is 5.75 Å². The molecule has 1 aromatic carbocycles. The van der Waals surface area contributed by atoms with Crippen molar-refractivity contribution in [1.82, 2.24) is 10.6 Å². The van der Waals surface area contributed by atoms with Crippen LogP contribution in [0.5, 0.6) is 5.75 Å². The van der Waals surface area contributed by atoms with Gasteiger partial charge >= 0.3 is 0 Å². The van der Waals surface area contributed by atoms with Crippen LogP contribution >= 0.6 is 0 Å². The maximum atomic E-state index is 11.5.